The molecule has 1 N–H and O–H groups in total. The summed E-state index contributed by atoms with van der Waals surface area (Å²) in [6, 6.07) is 15.9. The Labute approximate surface area is 130 Å². The van der Waals surface area contributed by atoms with Crippen LogP contribution < -0.4 is 5.32 Å². The van der Waals surface area contributed by atoms with Crippen molar-refractivity contribution in [3.05, 3.63) is 65.2 Å². The van der Waals surface area contributed by atoms with Gasteiger partial charge in [-0.05, 0) is 31.5 Å². The maximum absolute atomic E-state index is 12.2. The van der Waals surface area contributed by atoms with Gasteiger partial charge in [0.2, 0.25) is 0 Å². The van der Waals surface area contributed by atoms with Crippen molar-refractivity contribution >= 4 is 16.8 Å². The summed E-state index contributed by atoms with van der Waals surface area (Å²) >= 11 is 0. The largest absolute Gasteiger partial charge is 0.355 e. The third-order valence-electron chi connectivity index (χ3n) is 3.85. The van der Waals surface area contributed by atoms with Crippen molar-refractivity contribution in [1.82, 2.24) is 10.3 Å². The highest BCUT2D eigenvalue weighted by Gasteiger charge is 2.13. The fraction of sp³-hybridized carbons (Fsp3) is 0.158. The number of hydrogen-bond acceptors (Lipinski definition) is 2. The Morgan fingerprint density at radius 1 is 1.05 bits per heavy atom. The van der Waals surface area contributed by atoms with Gasteiger partial charge in [0, 0.05) is 18.0 Å². The summed E-state index contributed by atoms with van der Waals surface area (Å²) in [4.78, 5) is 16.9. The van der Waals surface area contributed by atoms with Crippen molar-refractivity contribution < 1.29 is 4.79 Å². The molecule has 0 aliphatic heterocycles. The van der Waals surface area contributed by atoms with Gasteiger partial charge >= 0.3 is 0 Å². The molecule has 110 valence electrons. The second kappa shape index (κ2) is 5.60. The number of benzene rings is 2. The van der Waals surface area contributed by atoms with E-state index < -0.39 is 0 Å². The van der Waals surface area contributed by atoms with Crippen LogP contribution >= 0.6 is 0 Å². The molecule has 1 amide bonds. The number of carbonyl (C=O) groups excluding carboxylic acids is 1. The molecule has 3 heteroatoms. The molecule has 3 aromatic rings. The monoisotopic (exact) mass is 290 g/mol. The minimum Gasteiger partial charge on any atom is -0.355 e. The third kappa shape index (κ3) is 2.46. The molecule has 0 spiro atoms. The minimum absolute atomic E-state index is 0.0929. The van der Waals surface area contributed by atoms with Gasteiger partial charge in [0.1, 0.15) is 0 Å². The Hall–Kier alpha value is -2.68. The molecule has 0 saturated carbocycles. The molecule has 3 nitrogen and oxygen atoms in total. The smallest absolute Gasteiger partial charge is 0.251 e. The number of nitrogens with zero attached hydrogens (tertiary/aromatic N) is 1. The second-order valence-electron chi connectivity index (χ2n) is 5.47. The van der Waals surface area contributed by atoms with E-state index in [4.69, 9.17) is 4.98 Å². The highest BCUT2D eigenvalue weighted by molar-refractivity contribution is 6.07. The Balaban J connectivity index is 2.29. The lowest BCUT2D eigenvalue weighted by Crippen LogP contribution is -2.18. The lowest BCUT2D eigenvalue weighted by Gasteiger charge is -2.11. The van der Waals surface area contributed by atoms with Gasteiger partial charge in [-0.25, -0.2) is 4.98 Å². The fourth-order valence-electron chi connectivity index (χ4n) is 2.74. The normalized spacial score (nSPS) is 10.7. The molecular formula is C19H18N2O. The van der Waals surface area contributed by atoms with Gasteiger partial charge in [-0.1, -0.05) is 42.0 Å². The van der Waals surface area contributed by atoms with Crippen LogP contribution in [0.1, 0.15) is 21.5 Å². The number of nitrogens with one attached hydrogen (secondary N) is 1. The van der Waals surface area contributed by atoms with Crippen molar-refractivity contribution in [2.24, 2.45) is 0 Å². The standard InChI is InChI=1S/C19H18N2O/c1-12-8-9-14(13(2)10-12)18-11-16(19(22)20-3)15-6-4-5-7-17(15)21-18/h4-11H,1-3H3,(H,20,22). The average molecular weight is 290 g/mol. The Morgan fingerprint density at radius 2 is 1.82 bits per heavy atom. The minimum atomic E-state index is -0.0929. The summed E-state index contributed by atoms with van der Waals surface area (Å²) in [7, 11) is 1.65. The molecule has 0 aliphatic carbocycles. The molecule has 22 heavy (non-hydrogen) atoms. The van der Waals surface area contributed by atoms with Gasteiger partial charge in [0.15, 0.2) is 0 Å². The lowest BCUT2D eigenvalue weighted by molar-refractivity contribution is 0.0964. The van der Waals surface area contributed by atoms with Crippen LogP contribution in [-0.2, 0) is 0 Å². The SMILES string of the molecule is CNC(=O)c1cc(-c2ccc(C)cc2C)nc2ccccc12. The van der Waals surface area contributed by atoms with Gasteiger partial charge in [-0.15, -0.1) is 0 Å². The summed E-state index contributed by atoms with van der Waals surface area (Å²) in [5.74, 6) is -0.0929. The van der Waals surface area contributed by atoms with Crippen LogP contribution in [0.15, 0.2) is 48.5 Å². The number of fused-ring (bicyclic) bond motifs is 1. The van der Waals surface area contributed by atoms with E-state index in [1.165, 1.54) is 5.56 Å². The van der Waals surface area contributed by atoms with E-state index in [2.05, 4.69) is 37.4 Å². The highest BCUT2D eigenvalue weighted by Crippen LogP contribution is 2.27. The summed E-state index contributed by atoms with van der Waals surface area (Å²) < 4.78 is 0. The number of para-hydroxylation sites is 1. The summed E-state index contributed by atoms with van der Waals surface area (Å²) in [6.45, 7) is 4.14. The van der Waals surface area contributed by atoms with Gasteiger partial charge < -0.3 is 5.32 Å². The molecule has 0 saturated heterocycles. The van der Waals surface area contributed by atoms with Crippen LogP contribution in [-0.4, -0.2) is 17.9 Å². The van der Waals surface area contributed by atoms with E-state index in [0.717, 1.165) is 27.7 Å². The number of amides is 1. The van der Waals surface area contributed by atoms with Crippen molar-refractivity contribution in [2.75, 3.05) is 7.05 Å². The van der Waals surface area contributed by atoms with Gasteiger partial charge in [0.05, 0.1) is 16.8 Å². The summed E-state index contributed by atoms with van der Waals surface area (Å²) in [6.07, 6.45) is 0. The molecule has 3 rings (SSSR count). The number of hydrogen-bond donors (Lipinski definition) is 1. The second-order valence-corrected chi connectivity index (χ2v) is 5.47. The van der Waals surface area contributed by atoms with Crippen molar-refractivity contribution in [2.45, 2.75) is 13.8 Å². The fourth-order valence-corrected chi connectivity index (χ4v) is 2.74. The molecule has 0 radical (unpaired) electrons. The van der Waals surface area contributed by atoms with E-state index in [-0.39, 0.29) is 5.91 Å². The average Bonchev–Trinajstić information content (AvgIpc) is 2.53. The number of rotatable bonds is 2. The van der Waals surface area contributed by atoms with Gasteiger partial charge in [-0.2, -0.15) is 0 Å². The van der Waals surface area contributed by atoms with Crippen molar-refractivity contribution in [3.8, 4) is 11.3 Å². The quantitative estimate of drug-likeness (QED) is 0.778. The molecular weight excluding hydrogens is 272 g/mol. The zero-order valence-corrected chi connectivity index (χ0v) is 13.0. The molecule has 0 aliphatic rings. The van der Waals surface area contributed by atoms with Crippen LogP contribution in [0.25, 0.3) is 22.2 Å². The van der Waals surface area contributed by atoms with Crippen LogP contribution in [0.5, 0.6) is 0 Å². The maximum Gasteiger partial charge on any atom is 0.251 e. The van der Waals surface area contributed by atoms with Crippen LogP contribution in [0, 0.1) is 13.8 Å². The summed E-state index contributed by atoms with van der Waals surface area (Å²) in [5, 5.41) is 3.58. The number of aryl methyl sites for hydroxylation is 2. The van der Waals surface area contributed by atoms with Gasteiger partial charge in [-0.3, -0.25) is 4.79 Å². The van der Waals surface area contributed by atoms with Crippen LogP contribution in [0.3, 0.4) is 0 Å². The van der Waals surface area contributed by atoms with E-state index in [0.29, 0.717) is 5.56 Å². The Kier molecular flexibility index (Phi) is 3.63. The van der Waals surface area contributed by atoms with Gasteiger partial charge in [0.25, 0.3) is 5.91 Å². The van der Waals surface area contributed by atoms with E-state index in [1.54, 1.807) is 7.05 Å². The van der Waals surface area contributed by atoms with Crippen LogP contribution in [0.2, 0.25) is 0 Å². The Morgan fingerprint density at radius 3 is 2.55 bits per heavy atom. The predicted octanol–water partition coefficient (Wildman–Crippen LogP) is 3.88. The first-order valence-electron chi connectivity index (χ1n) is 7.29. The number of carbonyl (C=O) groups is 1. The lowest BCUT2D eigenvalue weighted by atomic mass is 9.99. The van der Waals surface area contributed by atoms with E-state index in [9.17, 15) is 4.79 Å². The molecule has 1 aromatic heterocycles. The summed E-state index contributed by atoms with van der Waals surface area (Å²) in [5.41, 5.74) is 5.75. The van der Waals surface area contributed by atoms with E-state index >= 15 is 0 Å². The van der Waals surface area contributed by atoms with Crippen LogP contribution in [0.4, 0.5) is 0 Å². The van der Waals surface area contributed by atoms with Crippen molar-refractivity contribution in [1.29, 1.82) is 0 Å². The number of pyridine rings is 1. The first-order valence-corrected chi connectivity index (χ1v) is 7.29. The zero-order chi connectivity index (χ0) is 15.7. The predicted molar refractivity (Wildman–Crippen MR) is 90.0 cm³/mol. The maximum atomic E-state index is 12.2. The molecule has 2 aromatic carbocycles. The first-order chi connectivity index (χ1) is 10.6. The molecule has 0 unspecified atom stereocenters. The topological polar surface area (TPSA) is 42.0 Å². The molecule has 0 fully saturated rings. The first kappa shape index (κ1) is 14.3. The third-order valence-corrected chi connectivity index (χ3v) is 3.85. The molecule has 1 heterocycles. The molecule has 0 atom stereocenters. The Bertz CT molecular complexity index is 868. The number of aromatic nitrogens is 1. The molecule has 0 bridgehead atoms. The van der Waals surface area contributed by atoms with Crippen molar-refractivity contribution in [3.63, 3.8) is 0 Å². The zero-order valence-electron chi connectivity index (χ0n) is 13.0. The van der Waals surface area contributed by atoms with E-state index in [1.807, 2.05) is 30.3 Å². The highest BCUT2D eigenvalue weighted by atomic mass is 16.1.